The zero-order chi connectivity index (χ0) is 27.7. The molecule has 1 aliphatic rings. The summed E-state index contributed by atoms with van der Waals surface area (Å²) in [5, 5.41) is 0. The van der Waals surface area contributed by atoms with Crippen molar-refractivity contribution in [2.75, 3.05) is 6.61 Å². The van der Waals surface area contributed by atoms with Crippen LogP contribution in [-0.4, -0.2) is 43.0 Å². The molecule has 7 nitrogen and oxygen atoms in total. The molecule has 4 atom stereocenters. The fourth-order valence-electron chi connectivity index (χ4n) is 4.77. The molecule has 4 rings (SSSR count). The fourth-order valence-corrected chi connectivity index (χ4v) is 4.77. The Bertz CT molecular complexity index is 1230. The van der Waals surface area contributed by atoms with Crippen LogP contribution in [0.3, 0.4) is 0 Å². The smallest absolute Gasteiger partial charge is 0.340 e. The first-order chi connectivity index (χ1) is 18.9. The lowest BCUT2D eigenvalue weighted by molar-refractivity contribution is -0.146. The Hall–Kier alpha value is -3.97. The van der Waals surface area contributed by atoms with Crippen molar-refractivity contribution in [3.8, 4) is 0 Å². The minimum Gasteiger partial charge on any atom is -0.459 e. The highest BCUT2D eigenvalue weighted by Gasteiger charge is 2.57. The number of benzene rings is 3. The maximum Gasteiger partial charge on any atom is 0.340 e. The zero-order valence-corrected chi connectivity index (χ0v) is 22.3. The molecule has 7 heteroatoms. The maximum absolute atomic E-state index is 13.2. The highest BCUT2D eigenvalue weighted by Crippen LogP contribution is 2.46. The summed E-state index contributed by atoms with van der Waals surface area (Å²) < 4.78 is 23.8. The van der Waals surface area contributed by atoms with Gasteiger partial charge in [-0.3, -0.25) is 0 Å². The number of ether oxygens (including phenoxy) is 4. The van der Waals surface area contributed by atoms with Crippen molar-refractivity contribution in [3.63, 3.8) is 0 Å². The molecule has 0 N–H and O–H groups in total. The van der Waals surface area contributed by atoms with Gasteiger partial charge in [-0.15, -0.1) is 0 Å². The number of carbonyl (C=O) groups excluding carboxylic acids is 3. The van der Waals surface area contributed by atoms with Crippen LogP contribution in [0.15, 0.2) is 91.0 Å². The molecule has 1 fully saturated rings. The largest absolute Gasteiger partial charge is 0.459 e. The van der Waals surface area contributed by atoms with E-state index in [1.807, 2.05) is 25.1 Å². The second-order valence-corrected chi connectivity index (χ2v) is 9.90. The summed E-state index contributed by atoms with van der Waals surface area (Å²) >= 11 is 0. The first-order valence-corrected chi connectivity index (χ1v) is 13.3. The normalized spacial score (nSPS) is 22.2. The van der Waals surface area contributed by atoms with Crippen LogP contribution in [0.25, 0.3) is 0 Å². The Morgan fingerprint density at radius 3 is 1.72 bits per heavy atom. The number of esters is 3. The number of unbranched alkanes of at least 4 members (excludes halogenated alkanes) is 2. The molecule has 0 amide bonds. The van der Waals surface area contributed by atoms with E-state index in [0.29, 0.717) is 23.1 Å². The lowest BCUT2D eigenvalue weighted by Crippen LogP contribution is -2.44. The van der Waals surface area contributed by atoms with E-state index in [4.69, 9.17) is 18.9 Å². The van der Waals surface area contributed by atoms with Crippen molar-refractivity contribution in [1.82, 2.24) is 0 Å². The SMILES string of the molecule is CCCCCC1(C)C(OC(=O)c2ccccc2)OC(COC(=O)c2ccccc2)C1OC(=O)c1ccccc1. The Labute approximate surface area is 229 Å². The summed E-state index contributed by atoms with van der Waals surface area (Å²) in [6, 6.07) is 25.9. The number of carbonyl (C=O) groups is 3. The summed E-state index contributed by atoms with van der Waals surface area (Å²) in [5.74, 6) is -1.59. The number of rotatable bonds is 11. The summed E-state index contributed by atoms with van der Waals surface area (Å²) in [6.45, 7) is 3.82. The van der Waals surface area contributed by atoms with Gasteiger partial charge in [0.15, 0.2) is 0 Å². The van der Waals surface area contributed by atoms with Crippen LogP contribution >= 0.6 is 0 Å². The highest BCUT2D eigenvalue weighted by atomic mass is 16.7. The molecule has 0 bridgehead atoms. The first-order valence-electron chi connectivity index (χ1n) is 13.3. The maximum atomic E-state index is 13.2. The van der Waals surface area contributed by atoms with Crippen LogP contribution in [0.1, 0.15) is 70.6 Å². The molecule has 3 aromatic carbocycles. The van der Waals surface area contributed by atoms with Gasteiger partial charge in [-0.1, -0.05) is 80.8 Å². The molecule has 204 valence electrons. The molecule has 4 unspecified atom stereocenters. The third-order valence-corrected chi connectivity index (χ3v) is 7.00. The molecule has 3 aromatic rings. The van der Waals surface area contributed by atoms with Gasteiger partial charge in [0.25, 0.3) is 0 Å². The summed E-state index contributed by atoms with van der Waals surface area (Å²) in [6.07, 6.45) is 0.621. The van der Waals surface area contributed by atoms with E-state index in [0.717, 1.165) is 19.3 Å². The van der Waals surface area contributed by atoms with E-state index >= 15 is 0 Å². The zero-order valence-electron chi connectivity index (χ0n) is 22.3. The van der Waals surface area contributed by atoms with Crippen LogP contribution < -0.4 is 0 Å². The van der Waals surface area contributed by atoms with Crippen LogP contribution in [0.2, 0.25) is 0 Å². The van der Waals surface area contributed by atoms with Gasteiger partial charge >= 0.3 is 17.9 Å². The van der Waals surface area contributed by atoms with Crippen LogP contribution in [0.5, 0.6) is 0 Å². The molecular formula is C32H34O7. The first kappa shape index (κ1) is 28.0. The number of hydrogen-bond acceptors (Lipinski definition) is 7. The molecular weight excluding hydrogens is 496 g/mol. The molecule has 0 radical (unpaired) electrons. The standard InChI is InChI=1S/C32H34O7/c1-3-4-14-21-32(2)27(38-29(34)24-17-10-6-11-18-24)26(22-36-28(33)23-15-8-5-9-16-23)37-31(32)39-30(35)25-19-12-7-13-20-25/h5-13,15-20,26-27,31H,3-4,14,21-22H2,1-2H3. The molecule has 39 heavy (non-hydrogen) atoms. The summed E-state index contributed by atoms with van der Waals surface area (Å²) in [7, 11) is 0. The van der Waals surface area contributed by atoms with Crippen LogP contribution in [0, 0.1) is 5.41 Å². The van der Waals surface area contributed by atoms with Crippen molar-refractivity contribution < 1.29 is 33.3 Å². The van der Waals surface area contributed by atoms with Gasteiger partial charge in [0, 0.05) is 0 Å². The lowest BCUT2D eigenvalue weighted by Gasteiger charge is -2.34. The van der Waals surface area contributed by atoms with Crippen molar-refractivity contribution in [3.05, 3.63) is 108 Å². The van der Waals surface area contributed by atoms with E-state index in [-0.39, 0.29) is 6.61 Å². The molecule has 0 aliphatic carbocycles. The van der Waals surface area contributed by atoms with Gasteiger partial charge in [0.2, 0.25) is 6.29 Å². The van der Waals surface area contributed by atoms with Gasteiger partial charge in [-0.05, 0) is 49.7 Å². The average molecular weight is 531 g/mol. The highest BCUT2D eigenvalue weighted by molar-refractivity contribution is 5.90. The monoisotopic (exact) mass is 530 g/mol. The lowest BCUT2D eigenvalue weighted by atomic mass is 9.78. The van der Waals surface area contributed by atoms with Gasteiger partial charge in [-0.2, -0.15) is 0 Å². The second kappa shape index (κ2) is 13.2. The Kier molecular flexibility index (Phi) is 9.49. The van der Waals surface area contributed by atoms with Gasteiger partial charge in [0.1, 0.15) is 18.8 Å². The van der Waals surface area contributed by atoms with Gasteiger partial charge in [-0.25, -0.2) is 14.4 Å². The molecule has 0 spiro atoms. The molecule has 0 saturated carbocycles. The molecule has 1 heterocycles. The van der Waals surface area contributed by atoms with Crippen LogP contribution in [-0.2, 0) is 18.9 Å². The van der Waals surface area contributed by atoms with Crippen molar-refractivity contribution in [1.29, 1.82) is 0 Å². The minimum absolute atomic E-state index is 0.177. The van der Waals surface area contributed by atoms with E-state index < -0.39 is 41.8 Å². The van der Waals surface area contributed by atoms with E-state index in [2.05, 4.69) is 6.92 Å². The predicted molar refractivity (Wildman–Crippen MR) is 145 cm³/mol. The molecule has 1 saturated heterocycles. The Balaban J connectivity index is 1.61. The molecule has 1 aliphatic heterocycles. The van der Waals surface area contributed by atoms with E-state index in [1.165, 1.54) is 0 Å². The minimum atomic E-state index is -1.02. The van der Waals surface area contributed by atoms with E-state index in [1.54, 1.807) is 72.8 Å². The topological polar surface area (TPSA) is 88.1 Å². The third-order valence-electron chi connectivity index (χ3n) is 7.00. The van der Waals surface area contributed by atoms with E-state index in [9.17, 15) is 14.4 Å². The molecule has 0 aromatic heterocycles. The Morgan fingerprint density at radius 1 is 0.718 bits per heavy atom. The Morgan fingerprint density at radius 2 is 1.21 bits per heavy atom. The van der Waals surface area contributed by atoms with Crippen molar-refractivity contribution >= 4 is 17.9 Å². The van der Waals surface area contributed by atoms with Crippen molar-refractivity contribution in [2.45, 2.75) is 58.0 Å². The predicted octanol–water partition coefficient (Wildman–Crippen LogP) is 6.24. The fraction of sp³-hybridized carbons (Fsp3) is 0.344. The van der Waals surface area contributed by atoms with Crippen molar-refractivity contribution in [2.24, 2.45) is 5.41 Å². The average Bonchev–Trinajstić information content (AvgIpc) is 3.23. The summed E-state index contributed by atoms with van der Waals surface area (Å²) in [5.41, 5.74) is 0.284. The third kappa shape index (κ3) is 6.92. The second-order valence-electron chi connectivity index (χ2n) is 9.90. The van der Waals surface area contributed by atoms with Gasteiger partial charge < -0.3 is 18.9 Å². The van der Waals surface area contributed by atoms with Gasteiger partial charge in [0.05, 0.1) is 22.1 Å². The van der Waals surface area contributed by atoms with Crippen LogP contribution in [0.4, 0.5) is 0 Å². The quantitative estimate of drug-likeness (QED) is 0.165. The number of hydrogen-bond donors (Lipinski definition) is 0. The summed E-state index contributed by atoms with van der Waals surface area (Å²) in [4.78, 5) is 38.9.